The number of halogens is 1. The summed E-state index contributed by atoms with van der Waals surface area (Å²) in [6.07, 6.45) is 2.01. The van der Waals surface area contributed by atoms with Crippen LogP contribution in [-0.4, -0.2) is 55.6 Å². The van der Waals surface area contributed by atoms with Crippen LogP contribution >= 0.6 is 11.6 Å². The van der Waals surface area contributed by atoms with Crippen molar-refractivity contribution < 1.29 is 23.7 Å². The van der Waals surface area contributed by atoms with E-state index in [9.17, 15) is 4.79 Å². The van der Waals surface area contributed by atoms with E-state index in [2.05, 4.69) is 4.98 Å². The van der Waals surface area contributed by atoms with Gasteiger partial charge < -0.3 is 23.8 Å². The van der Waals surface area contributed by atoms with Gasteiger partial charge in [0, 0.05) is 43.8 Å². The molecule has 7 nitrogen and oxygen atoms in total. The Balaban J connectivity index is 1.61. The van der Waals surface area contributed by atoms with Crippen molar-refractivity contribution >= 4 is 28.4 Å². The van der Waals surface area contributed by atoms with Crippen LogP contribution in [0.5, 0.6) is 11.5 Å². The van der Waals surface area contributed by atoms with Crippen molar-refractivity contribution in [3.05, 3.63) is 28.9 Å². The average molecular weight is 393 g/mol. The van der Waals surface area contributed by atoms with E-state index in [-0.39, 0.29) is 25.4 Å². The highest BCUT2D eigenvalue weighted by molar-refractivity contribution is 6.30. The number of hydrogen-bond donors (Lipinski definition) is 0. The van der Waals surface area contributed by atoms with Crippen molar-refractivity contribution in [1.82, 2.24) is 9.88 Å². The summed E-state index contributed by atoms with van der Waals surface area (Å²) in [5, 5.41) is 1.25. The summed E-state index contributed by atoms with van der Waals surface area (Å²) in [5.74, 6) is 1.24. The van der Waals surface area contributed by atoms with Gasteiger partial charge in [-0.15, -0.1) is 0 Å². The molecule has 27 heavy (non-hydrogen) atoms. The number of carbonyl (C=O) groups is 1. The van der Waals surface area contributed by atoms with E-state index in [0.717, 1.165) is 35.9 Å². The van der Waals surface area contributed by atoms with Crippen LogP contribution in [0.15, 0.2) is 18.2 Å². The van der Waals surface area contributed by atoms with E-state index in [1.165, 1.54) is 7.11 Å². The highest BCUT2D eigenvalue weighted by Gasteiger charge is 2.24. The van der Waals surface area contributed by atoms with E-state index < -0.39 is 0 Å². The van der Waals surface area contributed by atoms with E-state index in [1.54, 1.807) is 4.90 Å². The van der Waals surface area contributed by atoms with Crippen LogP contribution in [-0.2, 0) is 20.8 Å². The minimum Gasteiger partial charge on any atom is -0.454 e. The molecule has 1 fully saturated rings. The number of methoxy groups -OCH3 is 1. The Kier molecular flexibility index (Phi) is 5.33. The normalized spacial score (nSPS) is 18.2. The van der Waals surface area contributed by atoms with Crippen LogP contribution in [0.2, 0.25) is 5.15 Å². The van der Waals surface area contributed by atoms with Crippen molar-refractivity contribution in [2.75, 3.05) is 33.7 Å². The van der Waals surface area contributed by atoms with Gasteiger partial charge >= 0.3 is 0 Å². The summed E-state index contributed by atoms with van der Waals surface area (Å²) in [7, 11) is 1.51. The lowest BCUT2D eigenvalue weighted by Crippen LogP contribution is -2.39. The molecule has 2 aliphatic heterocycles. The molecule has 0 N–H and O–H groups in total. The van der Waals surface area contributed by atoms with E-state index in [1.807, 2.05) is 18.2 Å². The van der Waals surface area contributed by atoms with Gasteiger partial charge in [-0.25, -0.2) is 4.98 Å². The quantitative estimate of drug-likeness (QED) is 0.704. The molecule has 3 heterocycles. The molecule has 0 spiro atoms. The molecule has 2 aliphatic rings. The first kappa shape index (κ1) is 18.3. The van der Waals surface area contributed by atoms with Crippen molar-refractivity contribution in [3.63, 3.8) is 0 Å². The van der Waals surface area contributed by atoms with Gasteiger partial charge in [0.05, 0.1) is 11.6 Å². The molecule has 0 saturated carbocycles. The lowest BCUT2D eigenvalue weighted by molar-refractivity contribution is -0.137. The van der Waals surface area contributed by atoms with E-state index >= 15 is 0 Å². The summed E-state index contributed by atoms with van der Waals surface area (Å²) in [6, 6.07) is 5.63. The molecule has 2 aromatic rings. The molecule has 0 radical (unpaired) electrons. The number of nitrogens with zero attached hydrogens (tertiary/aromatic N) is 2. The van der Waals surface area contributed by atoms with Crippen LogP contribution in [0.25, 0.3) is 10.9 Å². The maximum Gasteiger partial charge on any atom is 0.248 e. The highest BCUT2D eigenvalue weighted by atomic mass is 35.5. The molecular formula is C19H21ClN2O5. The molecule has 1 aromatic carbocycles. The third-order valence-electron chi connectivity index (χ3n) is 4.76. The Bertz CT molecular complexity index is 854. The number of benzene rings is 1. The second-order valence-corrected chi connectivity index (χ2v) is 7.04. The van der Waals surface area contributed by atoms with Crippen molar-refractivity contribution in [2.24, 2.45) is 0 Å². The number of ether oxygens (including phenoxy) is 4. The zero-order chi connectivity index (χ0) is 18.8. The lowest BCUT2D eigenvalue weighted by atomic mass is 10.1. The Hall–Kier alpha value is -2.09. The van der Waals surface area contributed by atoms with Crippen molar-refractivity contribution in [2.45, 2.75) is 25.5 Å². The first-order valence-electron chi connectivity index (χ1n) is 8.91. The number of aromatic nitrogens is 1. The topological polar surface area (TPSA) is 70.1 Å². The molecule has 144 valence electrons. The van der Waals surface area contributed by atoms with Crippen molar-refractivity contribution in [3.8, 4) is 11.5 Å². The third kappa shape index (κ3) is 3.95. The molecule has 0 bridgehead atoms. The van der Waals surface area contributed by atoms with Crippen LogP contribution in [0.1, 0.15) is 18.4 Å². The summed E-state index contributed by atoms with van der Waals surface area (Å²) < 4.78 is 21.5. The second kappa shape index (κ2) is 7.88. The maximum atomic E-state index is 12.5. The van der Waals surface area contributed by atoms with Gasteiger partial charge in [-0.05, 0) is 25.0 Å². The monoisotopic (exact) mass is 392 g/mol. The molecule has 1 saturated heterocycles. The van der Waals surface area contributed by atoms with E-state index in [0.29, 0.717) is 29.7 Å². The fourth-order valence-electron chi connectivity index (χ4n) is 3.40. The first-order chi connectivity index (χ1) is 13.1. The summed E-state index contributed by atoms with van der Waals surface area (Å²) >= 11 is 6.41. The fraction of sp³-hybridized carbons (Fsp3) is 0.474. The number of rotatable bonds is 6. The van der Waals surface area contributed by atoms with Crippen molar-refractivity contribution in [1.29, 1.82) is 0 Å². The average Bonchev–Trinajstić information content (AvgIpc) is 3.31. The number of hydrogen-bond acceptors (Lipinski definition) is 6. The van der Waals surface area contributed by atoms with Crippen LogP contribution in [0.3, 0.4) is 0 Å². The molecule has 0 unspecified atom stereocenters. The fourth-order valence-corrected chi connectivity index (χ4v) is 3.61. The summed E-state index contributed by atoms with van der Waals surface area (Å²) in [4.78, 5) is 18.7. The highest BCUT2D eigenvalue weighted by Crippen LogP contribution is 2.36. The maximum absolute atomic E-state index is 12.5. The molecule has 1 amide bonds. The Morgan fingerprint density at radius 1 is 1.33 bits per heavy atom. The first-order valence-corrected chi connectivity index (χ1v) is 9.29. The molecule has 1 atom stereocenters. The third-order valence-corrected chi connectivity index (χ3v) is 5.09. The van der Waals surface area contributed by atoms with E-state index in [4.69, 9.17) is 30.5 Å². The van der Waals surface area contributed by atoms with Gasteiger partial charge in [-0.3, -0.25) is 4.79 Å². The van der Waals surface area contributed by atoms with Crippen LogP contribution in [0, 0.1) is 0 Å². The Morgan fingerprint density at radius 3 is 2.89 bits per heavy atom. The molecule has 8 heteroatoms. The molecule has 1 aromatic heterocycles. The number of pyridine rings is 1. The lowest BCUT2D eigenvalue weighted by Gasteiger charge is -2.25. The SMILES string of the molecule is COCC(=O)N(Cc1cc2cc3c(cc2nc1Cl)OCO3)C[C@H]1CCCO1. The summed E-state index contributed by atoms with van der Waals surface area (Å²) in [5.41, 5.74) is 1.49. The number of carbonyl (C=O) groups excluding carboxylic acids is 1. The Morgan fingerprint density at radius 2 is 2.15 bits per heavy atom. The van der Waals surface area contributed by atoms with Crippen LogP contribution in [0.4, 0.5) is 0 Å². The smallest absolute Gasteiger partial charge is 0.248 e. The minimum absolute atomic E-state index is 0.0179. The van der Waals surface area contributed by atoms with Gasteiger partial charge in [0.15, 0.2) is 11.5 Å². The standard InChI is InChI=1S/C19H21ClN2O5/c1-24-10-18(23)22(9-14-3-2-4-25-14)8-13-5-12-6-16-17(27-11-26-16)7-15(12)21-19(13)20/h5-7,14H,2-4,8-11H2,1H3/t14-/m1/s1. The number of fused-ring (bicyclic) bond motifs is 2. The Labute approximate surface area is 162 Å². The second-order valence-electron chi connectivity index (χ2n) is 6.68. The zero-order valence-corrected chi connectivity index (χ0v) is 15.8. The molecule has 0 aliphatic carbocycles. The predicted molar refractivity (Wildman–Crippen MR) is 99.1 cm³/mol. The van der Waals surface area contributed by atoms with Gasteiger partial charge in [-0.1, -0.05) is 11.6 Å². The molecule has 4 rings (SSSR count). The van der Waals surface area contributed by atoms with Gasteiger partial charge in [0.2, 0.25) is 12.7 Å². The van der Waals surface area contributed by atoms with Crippen LogP contribution < -0.4 is 9.47 Å². The van der Waals surface area contributed by atoms with Gasteiger partial charge in [-0.2, -0.15) is 0 Å². The predicted octanol–water partition coefficient (Wildman–Crippen LogP) is 2.77. The van der Waals surface area contributed by atoms with Gasteiger partial charge in [0.25, 0.3) is 0 Å². The minimum atomic E-state index is -0.102. The van der Waals surface area contributed by atoms with Gasteiger partial charge in [0.1, 0.15) is 11.8 Å². The number of amides is 1. The molecular weight excluding hydrogens is 372 g/mol. The largest absolute Gasteiger partial charge is 0.454 e. The zero-order valence-electron chi connectivity index (χ0n) is 15.1. The summed E-state index contributed by atoms with van der Waals surface area (Å²) in [6.45, 7) is 1.81.